The van der Waals surface area contributed by atoms with E-state index in [0.717, 1.165) is 25.9 Å². The molecule has 0 bridgehead atoms. The van der Waals surface area contributed by atoms with E-state index >= 15 is 0 Å². The lowest BCUT2D eigenvalue weighted by Gasteiger charge is -2.25. The minimum absolute atomic E-state index is 0.00926. The molecular weight excluding hydrogens is 164 g/mol. The predicted octanol–water partition coefficient (Wildman–Crippen LogP) is 1.55. The van der Waals surface area contributed by atoms with Crippen molar-refractivity contribution in [3.8, 4) is 6.07 Å². The average molecular weight is 180 g/mol. The summed E-state index contributed by atoms with van der Waals surface area (Å²) in [6.45, 7) is 5.27. The SMILES string of the molecule is CCC(C)(C#N)C(=O)N1CCCC1. The number of hydrogen-bond acceptors (Lipinski definition) is 2. The van der Waals surface area contributed by atoms with Gasteiger partial charge in [0.1, 0.15) is 5.41 Å². The highest BCUT2D eigenvalue weighted by Crippen LogP contribution is 2.25. The number of hydrogen-bond donors (Lipinski definition) is 0. The van der Waals surface area contributed by atoms with Crippen molar-refractivity contribution in [1.29, 1.82) is 5.26 Å². The molecular formula is C10H16N2O. The van der Waals surface area contributed by atoms with Gasteiger partial charge in [-0.25, -0.2) is 0 Å². The lowest BCUT2D eigenvalue weighted by atomic mass is 9.88. The van der Waals surface area contributed by atoms with Crippen molar-refractivity contribution < 1.29 is 4.79 Å². The van der Waals surface area contributed by atoms with E-state index in [2.05, 4.69) is 6.07 Å². The van der Waals surface area contributed by atoms with Gasteiger partial charge in [-0.05, 0) is 26.2 Å². The smallest absolute Gasteiger partial charge is 0.242 e. The summed E-state index contributed by atoms with van der Waals surface area (Å²) >= 11 is 0. The maximum absolute atomic E-state index is 11.8. The monoisotopic (exact) mass is 180 g/mol. The van der Waals surface area contributed by atoms with Gasteiger partial charge in [0, 0.05) is 13.1 Å². The van der Waals surface area contributed by atoms with Crippen LogP contribution in [0.4, 0.5) is 0 Å². The molecule has 0 aromatic carbocycles. The fraction of sp³-hybridized carbons (Fsp3) is 0.800. The van der Waals surface area contributed by atoms with E-state index in [4.69, 9.17) is 5.26 Å². The summed E-state index contributed by atoms with van der Waals surface area (Å²) < 4.78 is 0. The second-order valence-electron chi connectivity index (χ2n) is 3.80. The van der Waals surface area contributed by atoms with Crippen LogP contribution in [-0.4, -0.2) is 23.9 Å². The van der Waals surface area contributed by atoms with Crippen LogP contribution in [0.15, 0.2) is 0 Å². The summed E-state index contributed by atoms with van der Waals surface area (Å²) in [5.41, 5.74) is -0.801. The number of carbonyl (C=O) groups excluding carboxylic acids is 1. The Morgan fingerprint density at radius 1 is 1.54 bits per heavy atom. The van der Waals surface area contributed by atoms with Crippen LogP contribution in [0.1, 0.15) is 33.1 Å². The summed E-state index contributed by atoms with van der Waals surface area (Å²) in [7, 11) is 0. The van der Waals surface area contributed by atoms with E-state index < -0.39 is 5.41 Å². The molecule has 0 aromatic rings. The molecule has 0 radical (unpaired) electrons. The summed E-state index contributed by atoms with van der Waals surface area (Å²) in [6.07, 6.45) is 2.76. The van der Waals surface area contributed by atoms with Gasteiger partial charge in [0.05, 0.1) is 6.07 Å². The van der Waals surface area contributed by atoms with Crippen molar-refractivity contribution in [2.24, 2.45) is 5.41 Å². The van der Waals surface area contributed by atoms with Crippen molar-refractivity contribution in [1.82, 2.24) is 4.90 Å². The van der Waals surface area contributed by atoms with Crippen LogP contribution in [0, 0.1) is 16.7 Å². The van der Waals surface area contributed by atoms with Gasteiger partial charge in [0.2, 0.25) is 5.91 Å². The molecule has 1 unspecified atom stereocenters. The highest BCUT2D eigenvalue weighted by Gasteiger charge is 2.35. The number of carbonyl (C=O) groups is 1. The lowest BCUT2D eigenvalue weighted by molar-refractivity contribution is -0.137. The highest BCUT2D eigenvalue weighted by molar-refractivity contribution is 5.85. The first-order chi connectivity index (χ1) is 6.14. The third kappa shape index (κ3) is 1.82. The Balaban J connectivity index is 2.70. The van der Waals surface area contributed by atoms with Crippen LogP contribution < -0.4 is 0 Å². The van der Waals surface area contributed by atoms with Gasteiger partial charge < -0.3 is 4.90 Å². The van der Waals surface area contributed by atoms with Gasteiger partial charge >= 0.3 is 0 Å². The molecule has 1 fully saturated rings. The van der Waals surface area contributed by atoms with Gasteiger partial charge in [0.25, 0.3) is 0 Å². The molecule has 0 spiro atoms. The second kappa shape index (κ2) is 3.78. The minimum Gasteiger partial charge on any atom is -0.341 e. The number of nitriles is 1. The molecule has 1 aliphatic heterocycles. The Kier molecular flexibility index (Phi) is 2.92. The largest absolute Gasteiger partial charge is 0.341 e. The van der Waals surface area contributed by atoms with Gasteiger partial charge in [-0.2, -0.15) is 5.26 Å². The van der Waals surface area contributed by atoms with Crippen LogP contribution >= 0.6 is 0 Å². The Bertz CT molecular complexity index is 238. The fourth-order valence-electron chi connectivity index (χ4n) is 1.55. The van der Waals surface area contributed by atoms with Crippen molar-refractivity contribution in [2.75, 3.05) is 13.1 Å². The molecule has 0 N–H and O–H groups in total. The van der Waals surface area contributed by atoms with Crippen LogP contribution in [0.5, 0.6) is 0 Å². The fourth-order valence-corrected chi connectivity index (χ4v) is 1.55. The molecule has 1 aliphatic rings. The zero-order valence-electron chi connectivity index (χ0n) is 8.34. The summed E-state index contributed by atoms with van der Waals surface area (Å²) in [4.78, 5) is 13.6. The zero-order chi connectivity index (χ0) is 9.90. The van der Waals surface area contributed by atoms with Crippen LogP contribution in [0.2, 0.25) is 0 Å². The van der Waals surface area contributed by atoms with E-state index in [1.54, 1.807) is 6.92 Å². The average Bonchev–Trinajstić information content (AvgIpc) is 2.68. The molecule has 13 heavy (non-hydrogen) atoms. The van der Waals surface area contributed by atoms with E-state index in [0.29, 0.717) is 6.42 Å². The van der Waals surface area contributed by atoms with E-state index in [1.165, 1.54) is 0 Å². The van der Waals surface area contributed by atoms with Gasteiger partial charge in [-0.3, -0.25) is 4.79 Å². The lowest BCUT2D eigenvalue weighted by Crippen LogP contribution is -2.39. The summed E-state index contributed by atoms with van der Waals surface area (Å²) in [5.74, 6) is 0.00926. The number of amides is 1. The van der Waals surface area contributed by atoms with Crippen molar-refractivity contribution in [2.45, 2.75) is 33.1 Å². The van der Waals surface area contributed by atoms with Crippen LogP contribution in [-0.2, 0) is 4.79 Å². The Labute approximate surface area is 79.3 Å². The molecule has 1 saturated heterocycles. The van der Waals surface area contributed by atoms with Gasteiger partial charge in [-0.1, -0.05) is 6.92 Å². The van der Waals surface area contributed by atoms with Crippen molar-refractivity contribution in [3.05, 3.63) is 0 Å². The van der Waals surface area contributed by atoms with Crippen molar-refractivity contribution >= 4 is 5.91 Å². The Morgan fingerprint density at radius 3 is 2.46 bits per heavy atom. The standard InChI is InChI=1S/C10H16N2O/c1-3-10(2,8-11)9(13)12-6-4-5-7-12/h3-7H2,1-2H3. The zero-order valence-corrected chi connectivity index (χ0v) is 8.34. The molecule has 1 amide bonds. The Hall–Kier alpha value is -1.04. The first kappa shape index (κ1) is 10.0. The van der Waals surface area contributed by atoms with E-state index in [1.807, 2.05) is 11.8 Å². The molecule has 0 aromatic heterocycles. The first-order valence-corrected chi connectivity index (χ1v) is 4.84. The van der Waals surface area contributed by atoms with Gasteiger partial charge in [-0.15, -0.1) is 0 Å². The molecule has 0 aliphatic carbocycles. The quantitative estimate of drug-likeness (QED) is 0.647. The maximum Gasteiger partial charge on any atom is 0.242 e. The molecule has 72 valence electrons. The number of likely N-dealkylation sites (tertiary alicyclic amines) is 1. The van der Waals surface area contributed by atoms with Crippen LogP contribution in [0.3, 0.4) is 0 Å². The maximum atomic E-state index is 11.8. The molecule has 1 rings (SSSR count). The number of rotatable bonds is 2. The highest BCUT2D eigenvalue weighted by atomic mass is 16.2. The summed E-state index contributed by atoms with van der Waals surface area (Å²) in [5, 5.41) is 8.92. The third-order valence-corrected chi connectivity index (χ3v) is 2.82. The molecule has 3 heteroatoms. The third-order valence-electron chi connectivity index (χ3n) is 2.82. The summed E-state index contributed by atoms with van der Waals surface area (Å²) in [6, 6.07) is 2.11. The second-order valence-corrected chi connectivity index (χ2v) is 3.80. The topological polar surface area (TPSA) is 44.1 Å². The minimum atomic E-state index is -0.801. The molecule has 1 heterocycles. The van der Waals surface area contributed by atoms with Crippen molar-refractivity contribution in [3.63, 3.8) is 0 Å². The molecule has 1 atom stereocenters. The Morgan fingerprint density at radius 2 is 2.08 bits per heavy atom. The van der Waals surface area contributed by atoms with E-state index in [-0.39, 0.29) is 5.91 Å². The van der Waals surface area contributed by atoms with Gasteiger partial charge in [0.15, 0.2) is 0 Å². The predicted molar refractivity (Wildman–Crippen MR) is 49.8 cm³/mol. The molecule has 3 nitrogen and oxygen atoms in total. The normalized spacial score (nSPS) is 20.8. The van der Waals surface area contributed by atoms with E-state index in [9.17, 15) is 4.79 Å². The molecule has 0 saturated carbocycles. The van der Waals surface area contributed by atoms with Crippen LogP contribution in [0.25, 0.3) is 0 Å². The number of nitrogens with zero attached hydrogens (tertiary/aromatic N) is 2. The first-order valence-electron chi connectivity index (χ1n) is 4.84.